The van der Waals surface area contributed by atoms with Gasteiger partial charge in [-0.25, -0.2) is 0 Å². The first-order valence-corrected chi connectivity index (χ1v) is 3.60. The molecule has 0 saturated carbocycles. The van der Waals surface area contributed by atoms with Gasteiger partial charge in [0.25, 0.3) is 11.7 Å². The molecule has 4 heteroatoms. The normalized spacial score (nSPS) is 15.2. The minimum atomic E-state index is -0.512. The second-order valence-electron chi connectivity index (χ2n) is 1.95. The van der Waals surface area contributed by atoms with Crippen molar-refractivity contribution in [3.8, 4) is 0 Å². The third-order valence-electron chi connectivity index (χ3n) is 1.34. The Hall–Kier alpha value is -1.16. The predicted octanol–water partition coefficient (Wildman–Crippen LogP) is 0.883. The summed E-state index contributed by atoms with van der Waals surface area (Å²) in [5, 5.41) is 4.91. The van der Waals surface area contributed by atoms with E-state index in [4.69, 9.17) is 0 Å². The molecule has 1 aromatic heterocycles. The van der Waals surface area contributed by atoms with Crippen molar-refractivity contribution in [1.29, 1.82) is 0 Å². The number of hydrogen-bond donors (Lipinski definition) is 1. The first-order chi connectivity index (χ1) is 4.79. The van der Waals surface area contributed by atoms with Crippen molar-refractivity contribution >= 4 is 28.0 Å². The molecular weight excluding hydrogens is 150 g/mol. The largest absolute Gasteiger partial charge is 0.310 e. The molecule has 0 unspecified atom stereocenters. The van der Waals surface area contributed by atoms with E-state index in [1.807, 2.05) is 0 Å². The zero-order valence-electron chi connectivity index (χ0n) is 4.88. The number of Topliss-reactive ketones (excluding diaryl/α,β-unsaturated/α-hetero) is 1. The molecule has 0 saturated heterocycles. The average Bonchev–Trinajstić information content (AvgIpc) is 2.41. The summed E-state index contributed by atoms with van der Waals surface area (Å²) in [6.45, 7) is 0. The monoisotopic (exact) mass is 153 g/mol. The molecule has 2 heterocycles. The highest BCUT2D eigenvalue weighted by molar-refractivity contribution is 7.15. The first-order valence-electron chi connectivity index (χ1n) is 2.72. The summed E-state index contributed by atoms with van der Waals surface area (Å²) in [7, 11) is 0. The molecule has 0 aromatic carbocycles. The van der Waals surface area contributed by atoms with E-state index in [0.717, 1.165) is 0 Å². The molecule has 1 amide bonds. The van der Waals surface area contributed by atoms with Crippen LogP contribution in [0.3, 0.4) is 0 Å². The minimum Gasteiger partial charge on any atom is -0.310 e. The van der Waals surface area contributed by atoms with Crippen LogP contribution in [-0.2, 0) is 4.79 Å². The number of anilines is 1. The summed E-state index contributed by atoms with van der Waals surface area (Å²) in [4.78, 5) is 21.5. The molecule has 0 bridgehead atoms. The van der Waals surface area contributed by atoms with Gasteiger partial charge in [0.1, 0.15) is 5.00 Å². The topological polar surface area (TPSA) is 46.2 Å². The van der Waals surface area contributed by atoms with Crippen molar-refractivity contribution in [2.45, 2.75) is 0 Å². The number of ketones is 1. The van der Waals surface area contributed by atoms with E-state index in [1.165, 1.54) is 11.3 Å². The molecule has 1 aliphatic rings. The number of carbonyl (C=O) groups is 2. The molecular formula is C6H3NO2S. The third-order valence-corrected chi connectivity index (χ3v) is 2.17. The maximum Gasteiger partial charge on any atom is 0.297 e. The fourth-order valence-corrected chi connectivity index (χ4v) is 1.65. The lowest BCUT2D eigenvalue weighted by molar-refractivity contribution is -0.112. The van der Waals surface area contributed by atoms with Crippen molar-refractivity contribution in [2.24, 2.45) is 0 Å². The van der Waals surface area contributed by atoms with Crippen LogP contribution in [0.4, 0.5) is 5.00 Å². The highest BCUT2D eigenvalue weighted by atomic mass is 32.1. The fraction of sp³-hybridized carbons (Fsp3) is 0. The Morgan fingerprint density at radius 2 is 2.20 bits per heavy atom. The van der Waals surface area contributed by atoms with Gasteiger partial charge in [-0.15, -0.1) is 11.3 Å². The number of hydrogen-bond acceptors (Lipinski definition) is 3. The molecule has 0 atom stereocenters. The summed E-state index contributed by atoms with van der Waals surface area (Å²) in [6.07, 6.45) is 0. The van der Waals surface area contributed by atoms with E-state index >= 15 is 0 Å². The summed E-state index contributed by atoms with van der Waals surface area (Å²) in [5.41, 5.74) is 0.509. The van der Waals surface area contributed by atoms with Gasteiger partial charge in [-0.2, -0.15) is 0 Å². The van der Waals surface area contributed by atoms with E-state index < -0.39 is 11.7 Å². The number of thiophene rings is 1. The standard InChI is InChI=1S/C6H3NO2S/c8-4-3-1-2-10-6(3)7-5(4)9/h1-2H,(H,7,8,9). The van der Waals surface area contributed by atoms with Crippen LogP contribution in [0.2, 0.25) is 0 Å². The van der Waals surface area contributed by atoms with Crippen LogP contribution in [0.25, 0.3) is 0 Å². The van der Waals surface area contributed by atoms with Gasteiger partial charge < -0.3 is 5.32 Å². The minimum absolute atomic E-state index is 0.420. The van der Waals surface area contributed by atoms with Gasteiger partial charge in [0.2, 0.25) is 0 Å². The van der Waals surface area contributed by atoms with Gasteiger partial charge in [-0.3, -0.25) is 9.59 Å². The summed E-state index contributed by atoms with van der Waals surface area (Å²) < 4.78 is 0. The summed E-state index contributed by atoms with van der Waals surface area (Å²) in [5.74, 6) is -0.932. The van der Waals surface area contributed by atoms with Crippen LogP contribution in [0.15, 0.2) is 11.4 Å². The molecule has 0 fully saturated rings. The Morgan fingerprint density at radius 1 is 1.40 bits per heavy atom. The van der Waals surface area contributed by atoms with Crippen LogP contribution in [-0.4, -0.2) is 11.7 Å². The summed E-state index contributed by atoms with van der Waals surface area (Å²) >= 11 is 1.37. The molecule has 2 rings (SSSR count). The number of amides is 1. The zero-order valence-corrected chi connectivity index (χ0v) is 5.70. The molecule has 0 spiro atoms. The lowest BCUT2D eigenvalue weighted by atomic mass is 10.2. The first kappa shape index (κ1) is 5.61. The van der Waals surface area contributed by atoms with Crippen LogP contribution in [0.5, 0.6) is 0 Å². The molecule has 1 aliphatic heterocycles. The fourth-order valence-electron chi connectivity index (χ4n) is 0.867. The highest BCUT2D eigenvalue weighted by Crippen LogP contribution is 2.28. The van der Waals surface area contributed by atoms with Crippen molar-refractivity contribution in [1.82, 2.24) is 0 Å². The second-order valence-corrected chi connectivity index (χ2v) is 2.86. The smallest absolute Gasteiger partial charge is 0.297 e. The molecule has 0 aliphatic carbocycles. The van der Waals surface area contributed by atoms with Crippen molar-refractivity contribution in [3.63, 3.8) is 0 Å². The highest BCUT2D eigenvalue weighted by Gasteiger charge is 2.28. The second kappa shape index (κ2) is 1.67. The lowest BCUT2D eigenvalue weighted by Crippen LogP contribution is -2.12. The number of nitrogens with one attached hydrogen (secondary N) is 1. The number of rotatable bonds is 0. The Balaban J connectivity index is 2.63. The molecule has 1 aromatic rings. The summed E-state index contributed by atoms with van der Waals surface area (Å²) in [6, 6.07) is 1.65. The zero-order chi connectivity index (χ0) is 7.14. The molecule has 1 N–H and O–H groups in total. The van der Waals surface area contributed by atoms with E-state index in [9.17, 15) is 9.59 Å². The van der Waals surface area contributed by atoms with Crippen molar-refractivity contribution < 1.29 is 9.59 Å². The quantitative estimate of drug-likeness (QED) is 0.562. The van der Waals surface area contributed by atoms with E-state index in [0.29, 0.717) is 10.6 Å². The van der Waals surface area contributed by atoms with Gasteiger partial charge in [0.15, 0.2) is 0 Å². The van der Waals surface area contributed by atoms with Gasteiger partial charge >= 0.3 is 0 Å². The van der Waals surface area contributed by atoms with Crippen molar-refractivity contribution in [2.75, 3.05) is 5.32 Å². The molecule has 10 heavy (non-hydrogen) atoms. The van der Waals surface area contributed by atoms with Crippen LogP contribution < -0.4 is 5.32 Å². The SMILES string of the molecule is O=C1Nc2sccc2C1=O. The van der Waals surface area contributed by atoms with Crippen LogP contribution >= 0.6 is 11.3 Å². The van der Waals surface area contributed by atoms with Gasteiger partial charge in [-0.1, -0.05) is 0 Å². The maximum absolute atomic E-state index is 10.9. The number of carbonyl (C=O) groups excluding carboxylic acids is 2. The van der Waals surface area contributed by atoms with Gasteiger partial charge in [0, 0.05) is 0 Å². The Labute approximate surface area is 60.7 Å². The maximum atomic E-state index is 10.9. The average molecular weight is 153 g/mol. The van der Waals surface area contributed by atoms with Crippen LogP contribution in [0.1, 0.15) is 10.4 Å². The molecule has 50 valence electrons. The molecule has 3 nitrogen and oxygen atoms in total. The Kier molecular flexibility index (Phi) is 0.935. The van der Waals surface area contributed by atoms with E-state index in [2.05, 4.69) is 5.32 Å². The van der Waals surface area contributed by atoms with E-state index in [1.54, 1.807) is 11.4 Å². The number of fused-ring (bicyclic) bond motifs is 1. The Bertz CT molecular complexity index is 315. The van der Waals surface area contributed by atoms with Gasteiger partial charge in [0.05, 0.1) is 5.56 Å². The molecule has 0 radical (unpaired) electrons. The Morgan fingerprint density at radius 3 is 2.90 bits per heavy atom. The predicted molar refractivity (Wildman–Crippen MR) is 37.3 cm³/mol. The lowest BCUT2D eigenvalue weighted by Gasteiger charge is -1.83. The van der Waals surface area contributed by atoms with Crippen molar-refractivity contribution in [3.05, 3.63) is 17.0 Å². The third kappa shape index (κ3) is 0.537. The van der Waals surface area contributed by atoms with E-state index in [-0.39, 0.29) is 0 Å². The van der Waals surface area contributed by atoms with Crippen LogP contribution in [0, 0.1) is 0 Å². The van der Waals surface area contributed by atoms with Gasteiger partial charge in [-0.05, 0) is 11.4 Å².